The smallest absolute Gasteiger partial charge is 0.254 e. The number of thiazole rings is 1. The van der Waals surface area contributed by atoms with Crippen LogP contribution in [0.4, 0.5) is 0 Å². The van der Waals surface area contributed by atoms with Gasteiger partial charge in [-0.2, -0.15) is 0 Å². The molecule has 1 unspecified atom stereocenters. The summed E-state index contributed by atoms with van der Waals surface area (Å²) in [6, 6.07) is 22.0. The quantitative estimate of drug-likeness (QED) is 0.220. The molecule has 0 aliphatic carbocycles. The fourth-order valence-electron chi connectivity index (χ4n) is 6.48. The van der Waals surface area contributed by atoms with Crippen molar-refractivity contribution in [2.24, 2.45) is 0 Å². The number of rotatable bonds is 11. The summed E-state index contributed by atoms with van der Waals surface area (Å²) in [6.45, 7) is 3.96. The molecule has 0 saturated carbocycles. The van der Waals surface area contributed by atoms with E-state index in [9.17, 15) is 19.5 Å². The number of nitrogens with one attached hydrogen (secondary N) is 2. The van der Waals surface area contributed by atoms with Crippen molar-refractivity contribution in [3.05, 3.63) is 117 Å². The average Bonchev–Trinajstić information content (AvgIpc) is 3.78. The molecular formula is C37H41N5O5S. The Bertz CT molecular complexity index is 1730. The molecule has 3 aromatic carbocycles. The summed E-state index contributed by atoms with van der Waals surface area (Å²) in [5.74, 6) is -0.0783. The van der Waals surface area contributed by atoms with E-state index in [-0.39, 0.29) is 17.9 Å². The normalized spacial score (nSPS) is 19.2. The first-order chi connectivity index (χ1) is 23.3. The Labute approximate surface area is 284 Å². The molecule has 2 fully saturated rings. The van der Waals surface area contributed by atoms with Crippen molar-refractivity contribution in [2.45, 2.75) is 57.0 Å². The van der Waals surface area contributed by atoms with E-state index in [4.69, 9.17) is 4.74 Å². The van der Waals surface area contributed by atoms with Crippen molar-refractivity contribution in [3.63, 3.8) is 0 Å². The number of benzene rings is 3. The Balaban J connectivity index is 1.18. The molecule has 6 rings (SSSR count). The van der Waals surface area contributed by atoms with Gasteiger partial charge in [0.2, 0.25) is 5.91 Å². The van der Waals surface area contributed by atoms with Gasteiger partial charge < -0.3 is 30.3 Å². The van der Waals surface area contributed by atoms with Gasteiger partial charge in [0.25, 0.3) is 11.8 Å². The number of carbonyl (C=O) groups is 3. The van der Waals surface area contributed by atoms with E-state index in [1.165, 1.54) is 0 Å². The number of piperazine rings is 1. The second kappa shape index (κ2) is 15.1. The lowest BCUT2D eigenvalue weighted by Crippen LogP contribution is -2.63. The average molecular weight is 668 g/mol. The number of aryl methyl sites for hydroxylation is 1. The maximum Gasteiger partial charge on any atom is 0.254 e. The second-order valence-corrected chi connectivity index (χ2v) is 13.3. The lowest BCUT2D eigenvalue weighted by molar-refractivity contribution is -0.140. The number of aliphatic hydroxyl groups is 1. The van der Waals surface area contributed by atoms with Crippen LogP contribution in [0.1, 0.15) is 61.4 Å². The third-order valence-electron chi connectivity index (χ3n) is 9.03. The predicted octanol–water partition coefficient (Wildman–Crippen LogP) is 4.14. The monoisotopic (exact) mass is 667 g/mol. The minimum absolute atomic E-state index is 0.0797. The Kier molecular flexibility index (Phi) is 10.5. The molecule has 4 aromatic rings. The number of aromatic nitrogens is 1. The van der Waals surface area contributed by atoms with E-state index in [2.05, 4.69) is 15.6 Å². The van der Waals surface area contributed by atoms with Gasteiger partial charge in [-0.3, -0.25) is 14.4 Å². The Morgan fingerprint density at radius 3 is 2.54 bits per heavy atom. The molecule has 10 nitrogen and oxygen atoms in total. The highest BCUT2D eigenvalue weighted by Crippen LogP contribution is 2.35. The van der Waals surface area contributed by atoms with E-state index in [1.807, 2.05) is 71.8 Å². The van der Waals surface area contributed by atoms with Gasteiger partial charge in [0.15, 0.2) is 0 Å². The first-order valence-corrected chi connectivity index (χ1v) is 17.2. The molecule has 0 bridgehead atoms. The van der Waals surface area contributed by atoms with E-state index >= 15 is 0 Å². The minimum atomic E-state index is -1.22. The van der Waals surface area contributed by atoms with Gasteiger partial charge in [-0.15, -0.1) is 11.3 Å². The first-order valence-electron chi connectivity index (χ1n) is 16.3. The van der Waals surface area contributed by atoms with Crippen LogP contribution in [-0.4, -0.2) is 82.5 Å². The Morgan fingerprint density at radius 2 is 1.81 bits per heavy atom. The molecule has 3 N–H and O–H groups in total. The highest BCUT2D eigenvalue weighted by Gasteiger charge is 2.39. The number of methoxy groups -OCH3 is 1. The van der Waals surface area contributed by atoms with Crippen LogP contribution in [0.5, 0.6) is 5.75 Å². The minimum Gasteiger partial charge on any atom is -0.497 e. The highest BCUT2D eigenvalue weighted by molar-refractivity contribution is 7.09. The van der Waals surface area contributed by atoms with Crippen LogP contribution in [-0.2, 0) is 17.8 Å². The van der Waals surface area contributed by atoms with Crippen molar-refractivity contribution in [1.29, 1.82) is 0 Å². The molecule has 2 aliphatic rings. The standard InChI is InChI=1S/C37H41N5O5S/c1-24-23-48-35(39-24)31-12-7-18-42(31)36(45)28-11-6-10-27(21-28)34(44)40-30(20-25-8-4-3-5-9-25)33(43)32-37(46)41(19-17-38-32)22-26-13-15-29(47-2)16-14-26/h3-6,8-11,13-16,21,23,30-33,38,43H,7,12,17-20,22H2,1-2H3,(H,40,44)/t30-,31?,32-,33-/m0/s1. The molecule has 3 heterocycles. The Hall–Kier alpha value is -4.58. The third-order valence-corrected chi connectivity index (χ3v) is 10.1. The molecule has 11 heteroatoms. The SMILES string of the molecule is COc1ccc(CN2CCN[C@@H]([C@@H](O)[C@H](Cc3ccccc3)NC(=O)c3cccc(C(=O)N4CCCC4c4nc(C)cs4)c3)C2=O)cc1. The van der Waals surface area contributed by atoms with E-state index in [1.54, 1.807) is 47.6 Å². The van der Waals surface area contributed by atoms with E-state index in [0.717, 1.165) is 40.4 Å². The summed E-state index contributed by atoms with van der Waals surface area (Å²) in [5.41, 5.74) is 3.51. The summed E-state index contributed by atoms with van der Waals surface area (Å²) in [6.07, 6.45) is 0.819. The van der Waals surface area contributed by atoms with Gasteiger partial charge in [0, 0.05) is 48.4 Å². The first kappa shape index (κ1) is 33.3. The van der Waals surface area contributed by atoms with Crippen molar-refractivity contribution < 1.29 is 24.2 Å². The van der Waals surface area contributed by atoms with Crippen LogP contribution >= 0.6 is 11.3 Å². The fraction of sp³-hybridized carbons (Fsp3) is 0.351. The van der Waals surface area contributed by atoms with E-state index in [0.29, 0.717) is 43.7 Å². The largest absolute Gasteiger partial charge is 0.497 e. The predicted molar refractivity (Wildman–Crippen MR) is 184 cm³/mol. The van der Waals surface area contributed by atoms with Gasteiger partial charge in [-0.05, 0) is 67.6 Å². The van der Waals surface area contributed by atoms with Crippen molar-refractivity contribution in [3.8, 4) is 5.75 Å². The van der Waals surface area contributed by atoms with Crippen LogP contribution < -0.4 is 15.4 Å². The number of aliphatic hydroxyl groups excluding tert-OH is 1. The number of carbonyl (C=O) groups excluding carboxylic acids is 3. The molecule has 3 amide bonds. The number of amides is 3. The van der Waals surface area contributed by atoms with Crippen molar-refractivity contribution >= 4 is 29.1 Å². The summed E-state index contributed by atoms with van der Waals surface area (Å²) < 4.78 is 5.25. The van der Waals surface area contributed by atoms with Gasteiger partial charge in [-0.1, -0.05) is 48.5 Å². The number of nitrogens with zero attached hydrogens (tertiary/aromatic N) is 3. The molecule has 48 heavy (non-hydrogen) atoms. The third kappa shape index (κ3) is 7.59. The van der Waals surface area contributed by atoms with Crippen LogP contribution in [0, 0.1) is 6.92 Å². The van der Waals surface area contributed by atoms with Gasteiger partial charge in [-0.25, -0.2) is 4.98 Å². The lowest BCUT2D eigenvalue weighted by atomic mass is 9.94. The van der Waals surface area contributed by atoms with Crippen LogP contribution in [0.15, 0.2) is 84.2 Å². The zero-order chi connectivity index (χ0) is 33.6. The fourth-order valence-corrected chi connectivity index (χ4v) is 7.43. The molecule has 2 aliphatic heterocycles. The van der Waals surface area contributed by atoms with E-state index < -0.39 is 24.1 Å². The summed E-state index contributed by atoms with van der Waals surface area (Å²) in [7, 11) is 1.61. The van der Waals surface area contributed by atoms with Crippen molar-refractivity contribution in [1.82, 2.24) is 25.4 Å². The molecule has 250 valence electrons. The second-order valence-electron chi connectivity index (χ2n) is 12.4. The highest BCUT2D eigenvalue weighted by atomic mass is 32.1. The molecular weight excluding hydrogens is 627 g/mol. The maximum atomic E-state index is 13.8. The number of hydrogen-bond donors (Lipinski definition) is 3. The van der Waals surface area contributed by atoms with Gasteiger partial charge in [0.1, 0.15) is 16.8 Å². The molecule has 0 radical (unpaired) electrons. The Morgan fingerprint density at radius 1 is 1.04 bits per heavy atom. The number of likely N-dealkylation sites (tertiary alicyclic amines) is 1. The van der Waals surface area contributed by atoms with Crippen LogP contribution in [0.2, 0.25) is 0 Å². The molecule has 1 aromatic heterocycles. The molecule has 0 spiro atoms. The summed E-state index contributed by atoms with van der Waals surface area (Å²) in [4.78, 5) is 49.4. The zero-order valence-corrected chi connectivity index (χ0v) is 28.0. The molecule has 4 atom stereocenters. The van der Waals surface area contributed by atoms with Gasteiger partial charge >= 0.3 is 0 Å². The summed E-state index contributed by atoms with van der Waals surface area (Å²) >= 11 is 1.57. The zero-order valence-electron chi connectivity index (χ0n) is 27.2. The number of ether oxygens (including phenoxy) is 1. The summed E-state index contributed by atoms with van der Waals surface area (Å²) in [5, 5.41) is 20.8. The lowest BCUT2D eigenvalue weighted by Gasteiger charge is -2.38. The van der Waals surface area contributed by atoms with Gasteiger partial charge in [0.05, 0.1) is 25.3 Å². The van der Waals surface area contributed by atoms with Crippen molar-refractivity contribution in [2.75, 3.05) is 26.7 Å². The topological polar surface area (TPSA) is 124 Å². The van der Waals surface area contributed by atoms with Crippen LogP contribution in [0.3, 0.4) is 0 Å². The molecule has 2 saturated heterocycles. The van der Waals surface area contributed by atoms with Crippen LogP contribution in [0.25, 0.3) is 0 Å². The number of hydrogen-bond acceptors (Lipinski definition) is 8. The maximum absolute atomic E-state index is 13.8.